The van der Waals surface area contributed by atoms with Gasteiger partial charge in [0.2, 0.25) is 5.91 Å². The molecule has 5 N–H and O–H groups in total. The van der Waals surface area contributed by atoms with Crippen molar-refractivity contribution in [2.45, 2.75) is 12.1 Å². The normalized spacial score (nSPS) is 10.8. The first kappa shape index (κ1) is 15.5. The van der Waals surface area contributed by atoms with Crippen LogP contribution in [0.5, 0.6) is 0 Å². The van der Waals surface area contributed by atoms with E-state index in [4.69, 9.17) is 11.5 Å². The molecule has 2 aromatic heterocycles. The third-order valence-electron chi connectivity index (χ3n) is 2.94. The van der Waals surface area contributed by atoms with Gasteiger partial charge in [-0.2, -0.15) is 0 Å². The standard InChI is InChI=1S/C14H14N6OS2/c1-7-3-2-4-8-12(7)20-14(23-8)19-11(21)6-22-13-17-9(15)5-10(16)18-13/h2-5H,6H2,1H3,(H,19,20,21)(H4,15,16,17,18). The Morgan fingerprint density at radius 3 is 2.70 bits per heavy atom. The number of aryl methyl sites for hydroxylation is 1. The van der Waals surface area contributed by atoms with Crippen LogP contribution in [-0.2, 0) is 4.79 Å². The molecule has 1 amide bonds. The van der Waals surface area contributed by atoms with Gasteiger partial charge < -0.3 is 16.8 Å². The smallest absolute Gasteiger partial charge is 0.236 e. The Hall–Kier alpha value is -2.39. The molecule has 9 heteroatoms. The molecule has 0 saturated carbocycles. The molecule has 0 spiro atoms. The summed E-state index contributed by atoms with van der Waals surface area (Å²) in [6, 6.07) is 7.41. The number of thioether (sulfide) groups is 1. The number of fused-ring (bicyclic) bond motifs is 1. The summed E-state index contributed by atoms with van der Waals surface area (Å²) in [7, 11) is 0. The van der Waals surface area contributed by atoms with Gasteiger partial charge in [0.1, 0.15) is 11.6 Å². The van der Waals surface area contributed by atoms with Crippen LogP contribution in [0.2, 0.25) is 0 Å². The van der Waals surface area contributed by atoms with Crippen LogP contribution in [0.4, 0.5) is 16.8 Å². The summed E-state index contributed by atoms with van der Waals surface area (Å²) >= 11 is 2.61. The van der Waals surface area contributed by atoms with Crippen molar-refractivity contribution in [3.05, 3.63) is 29.8 Å². The molecule has 0 aliphatic heterocycles. The molecule has 3 aromatic rings. The average molecular weight is 346 g/mol. The van der Waals surface area contributed by atoms with E-state index in [0.29, 0.717) is 10.3 Å². The van der Waals surface area contributed by atoms with E-state index in [1.165, 1.54) is 29.2 Å². The highest BCUT2D eigenvalue weighted by Gasteiger charge is 2.11. The van der Waals surface area contributed by atoms with Gasteiger partial charge in [-0.3, -0.25) is 4.79 Å². The van der Waals surface area contributed by atoms with Gasteiger partial charge in [-0.25, -0.2) is 15.0 Å². The monoisotopic (exact) mass is 346 g/mol. The largest absolute Gasteiger partial charge is 0.383 e. The molecule has 0 atom stereocenters. The van der Waals surface area contributed by atoms with Crippen molar-refractivity contribution < 1.29 is 4.79 Å². The Kier molecular flexibility index (Phi) is 4.30. The Balaban J connectivity index is 1.65. The van der Waals surface area contributed by atoms with Gasteiger partial charge in [0.15, 0.2) is 10.3 Å². The zero-order valence-electron chi connectivity index (χ0n) is 12.2. The van der Waals surface area contributed by atoms with E-state index in [9.17, 15) is 4.79 Å². The number of anilines is 3. The van der Waals surface area contributed by atoms with Crippen molar-refractivity contribution in [2.75, 3.05) is 22.5 Å². The molecule has 23 heavy (non-hydrogen) atoms. The van der Waals surface area contributed by atoms with Crippen molar-refractivity contribution in [1.82, 2.24) is 15.0 Å². The molecule has 0 aliphatic rings. The maximum absolute atomic E-state index is 12.0. The minimum atomic E-state index is -0.184. The maximum Gasteiger partial charge on any atom is 0.236 e. The lowest BCUT2D eigenvalue weighted by Crippen LogP contribution is -2.14. The van der Waals surface area contributed by atoms with Crippen LogP contribution in [0.15, 0.2) is 29.4 Å². The van der Waals surface area contributed by atoms with E-state index in [2.05, 4.69) is 20.3 Å². The Labute approximate surface area is 140 Å². The highest BCUT2D eigenvalue weighted by Crippen LogP contribution is 2.28. The lowest BCUT2D eigenvalue weighted by molar-refractivity contribution is -0.113. The number of nitrogen functional groups attached to an aromatic ring is 2. The highest BCUT2D eigenvalue weighted by molar-refractivity contribution is 7.99. The lowest BCUT2D eigenvalue weighted by Gasteiger charge is -2.02. The number of hydrogen-bond donors (Lipinski definition) is 3. The quantitative estimate of drug-likeness (QED) is 0.489. The number of carbonyl (C=O) groups excluding carboxylic acids is 1. The SMILES string of the molecule is Cc1cccc2sc(NC(=O)CSc3nc(N)cc(N)n3)nc12. The molecule has 0 aliphatic carbocycles. The molecular formula is C14H14N6OS2. The van der Waals surface area contributed by atoms with Crippen LogP contribution in [-0.4, -0.2) is 26.6 Å². The first-order valence-electron chi connectivity index (χ1n) is 6.70. The maximum atomic E-state index is 12.0. The van der Waals surface area contributed by atoms with Crippen LogP contribution >= 0.6 is 23.1 Å². The van der Waals surface area contributed by atoms with Gasteiger partial charge in [0.25, 0.3) is 0 Å². The summed E-state index contributed by atoms with van der Waals surface area (Å²) in [5.74, 6) is 0.526. The number of nitrogens with zero attached hydrogens (tertiary/aromatic N) is 3. The van der Waals surface area contributed by atoms with Crippen molar-refractivity contribution in [1.29, 1.82) is 0 Å². The van der Waals surface area contributed by atoms with E-state index >= 15 is 0 Å². The van der Waals surface area contributed by atoms with Crippen LogP contribution in [0, 0.1) is 6.92 Å². The van der Waals surface area contributed by atoms with Crippen LogP contribution in [0.3, 0.4) is 0 Å². The Bertz CT molecular complexity index is 859. The summed E-state index contributed by atoms with van der Waals surface area (Å²) in [5, 5.41) is 3.74. The second kappa shape index (κ2) is 6.39. The molecule has 2 heterocycles. The number of thiazole rings is 1. The minimum Gasteiger partial charge on any atom is -0.383 e. The number of benzene rings is 1. The molecular weight excluding hydrogens is 332 g/mol. The topological polar surface area (TPSA) is 120 Å². The molecule has 0 bridgehead atoms. The number of amides is 1. The van der Waals surface area contributed by atoms with Gasteiger partial charge in [-0.15, -0.1) is 0 Å². The summed E-state index contributed by atoms with van der Waals surface area (Å²) in [4.78, 5) is 24.5. The van der Waals surface area contributed by atoms with E-state index in [0.717, 1.165) is 15.8 Å². The van der Waals surface area contributed by atoms with E-state index in [1.807, 2.05) is 25.1 Å². The third-order valence-corrected chi connectivity index (χ3v) is 4.73. The van der Waals surface area contributed by atoms with Crippen molar-refractivity contribution in [2.24, 2.45) is 0 Å². The van der Waals surface area contributed by atoms with Crippen LogP contribution < -0.4 is 16.8 Å². The molecule has 118 valence electrons. The number of hydrogen-bond acceptors (Lipinski definition) is 8. The number of nitrogens with two attached hydrogens (primary N) is 2. The predicted octanol–water partition coefficient (Wildman–Crippen LogP) is 2.29. The van der Waals surface area contributed by atoms with Gasteiger partial charge in [0, 0.05) is 6.07 Å². The van der Waals surface area contributed by atoms with Crippen LogP contribution in [0.1, 0.15) is 5.56 Å². The number of aromatic nitrogens is 3. The van der Waals surface area contributed by atoms with E-state index in [1.54, 1.807) is 0 Å². The third kappa shape index (κ3) is 3.69. The Morgan fingerprint density at radius 2 is 2.00 bits per heavy atom. The van der Waals surface area contributed by atoms with Crippen molar-refractivity contribution >= 4 is 56.0 Å². The highest BCUT2D eigenvalue weighted by atomic mass is 32.2. The molecule has 0 unspecified atom stereocenters. The van der Waals surface area contributed by atoms with Crippen molar-refractivity contribution in [3.63, 3.8) is 0 Å². The first-order valence-corrected chi connectivity index (χ1v) is 8.50. The zero-order valence-corrected chi connectivity index (χ0v) is 13.9. The second-order valence-electron chi connectivity index (χ2n) is 4.78. The molecule has 0 radical (unpaired) electrons. The van der Waals surface area contributed by atoms with Gasteiger partial charge in [0.05, 0.1) is 16.0 Å². The minimum absolute atomic E-state index is 0.151. The van der Waals surface area contributed by atoms with E-state index < -0.39 is 0 Å². The zero-order chi connectivity index (χ0) is 16.4. The van der Waals surface area contributed by atoms with Crippen molar-refractivity contribution in [3.8, 4) is 0 Å². The second-order valence-corrected chi connectivity index (χ2v) is 6.75. The Morgan fingerprint density at radius 1 is 1.26 bits per heavy atom. The number of rotatable bonds is 4. The average Bonchev–Trinajstić information content (AvgIpc) is 2.88. The van der Waals surface area contributed by atoms with Crippen LogP contribution in [0.25, 0.3) is 10.2 Å². The fourth-order valence-electron chi connectivity index (χ4n) is 1.95. The predicted molar refractivity (Wildman–Crippen MR) is 94.6 cm³/mol. The number of para-hydroxylation sites is 1. The molecule has 1 aromatic carbocycles. The molecule has 7 nitrogen and oxygen atoms in total. The summed E-state index contributed by atoms with van der Waals surface area (Å²) in [5.41, 5.74) is 13.2. The van der Waals surface area contributed by atoms with E-state index in [-0.39, 0.29) is 23.3 Å². The summed E-state index contributed by atoms with van der Waals surface area (Å²) < 4.78 is 1.04. The summed E-state index contributed by atoms with van der Waals surface area (Å²) in [6.45, 7) is 1.99. The fourth-order valence-corrected chi connectivity index (χ4v) is 3.58. The molecule has 0 saturated heterocycles. The molecule has 0 fully saturated rings. The fraction of sp³-hybridized carbons (Fsp3) is 0.143. The summed E-state index contributed by atoms with van der Waals surface area (Å²) in [6.07, 6.45) is 0. The van der Waals surface area contributed by atoms with Gasteiger partial charge in [-0.05, 0) is 18.6 Å². The molecule has 3 rings (SSSR count). The number of carbonyl (C=O) groups is 1. The van der Waals surface area contributed by atoms with Gasteiger partial charge >= 0.3 is 0 Å². The number of nitrogens with one attached hydrogen (secondary N) is 1. The van der Waals surface area contributed by atoms with Gasteiger partial charge in [-0.1, -0.05) is 35.2 Å². The first-order chi connectivity index (χ1) is 11.0. The lowest BCUT2D eigenvalue weighted by atomic mass is 10.2.